The van der Waals surface area contributed by atoms with Crippen LogP contribution in [0, 0.1) is 0 Å². The zero-order valence-corrected chi connectivity index (χ0v) is 15.9. The third kappa shape index (κ3) is 3.16. The van der Waals surface area contributed by atoms with Gasteiger partial charge in [-0.1, -0.05) is 24.3 Å². The quantitative estimate of drug-likeness (QED) is 0.527. The van der Waals surface area contributed by atoms with Crippen molar-refractivity contribution in [1.29, 1.82) is 0 Å². The van der Waals surface area contributed by atoms with Crippen LogP contribution in [-0.2, 0) is 12.8 Å². The maximum atomic E-state index is 6.45. The van der Waals surface area contributed by atoms with E-state index in [1.54, 1.807) is 0 Å². The third-order valence-electron chi connectivity index (χ3n) is 4.61. The number of rotatable bonds is 0. The molecule has 2 nitrogen and oxygen atoms in total. The molecule has 0 saturated heterocycles. The Bertz CT molecular complexity index is 668. The van der Waals surface area contributed by atoms with E-state index >= 15 is 0 Å². The van der Waals surface area contributed by atoms with Crippen LogP contribution in [0.2, 0.25) is 0 Å². The van der Waals surface area contributed by atoms with Crippen LogP contribution in [0.5, 0.6) is 11.5 Å². The van der Waals surface area contributed by atoms with Crippen molar-refractivity contribution in [3.63, 3.8) is 0 Å². The van der Waals surface area contributed by atoms with Crippen molar-refractivity contribution in [3.05, 3.63) is 56.5 Å². The van der Waals surface area contributed by atoms with Gasteiger partial charge in [-0.25, -0.2) is 0 Å². The van der Waals surface area contributed by atoms with Crippen molar-refractivity contribution in [2.24, 2.45) is 0 Å². The van der Waals surface area contributed by atoms with Crippen LogP contribution in [0.4, 0.5) is 0 Å². The SMILES string of the molecule is Brc1cccc2c1OC1CCCC(C2)Oc2c(Br)cccc2C1. The van der Waals surface area contributed by atoms with Gasteiger partial charge in [0.2, 0.25) is 0 Å². The van der Waals surface area contributed by atoms with Gasteiger partial charge in [-0.05, 0) is 74.4 Å². The molecule has 4 rings (SSSR count). The summed E-state index contributed by atoms with van der Waals surface area (Å²) in [5.74, 6) is 1.98. The Morgan fingerprint density at radius 1 is 0.739 bits per heavy atom. The molecule has 0 radical (unpaired) electrons. The van der Waals surface area contributed by atoms with Gasteiger partial charge in [0.15, 0.2) is 0 Å². The highest BCUT2D eigenvalue weighted by Gasteiger charge is 2.27. The number of benzene rings is 2. The fraction of sp³-hybridized carbons (Fsp3) is 0.368. The standard InChI is InChI=1S/C19H18Br2O2/c20-16-8-1-4-12-10-14-6-3-7-15(22-18(12)16)11-13-5-2-9-17(21)19(13)23-14/h1-2,4-5,8-9,14-15H,3,6-7,10-11H2. The van der Waals surface area contributed by atoms with Crippen LogP contribution < -0.4 is 9.47 Å². The van der Waals surface area contributed by atoms with Crippen LogP contribution >= 0.6 is 31.9 Å². The number of hydrogen-bond acceptors (Lipinski definition) is 2. The summed E-state index contributed by atoms with van der Waals surface area (Å²) in [6.45, 7) is 0. The molecule has 2 heterocycles. The van der Waals surface area contributed by atoms with E-state index in [0.29, 0.717) is 0 Å². The van der Waals surface area contributed by atoms with Gasteiger partial charge in [0.25, 0.3) is 0 Å². The van der Waals surface area contributed by atoms with E-state index in [0.717, 1.165) is 52.5 Å². The smallest absolute Gasteiger partial charge is 0.137 e. The van der Waals surface area contributed by atoms with E-state index in [1.165, 1.54) is 11.1 Å². The largest absolute Gasteiger partial charge is 0.489 e. The second kappa shape index (κ2) is 6.48. The van der Waals surface area contributed by atoms with E-state index in [4.69, 9.17) is 9.47 Å². The predicted octanol–water partition coefficient (Wildman–Crippen LogP) is 5.69. The third-order valence-corrected chi connectivity index (χ3v) is 5.86. The minimum atomic E-state index is 0.181. The fourth-order valence-electron chi connectivity index (χ4n) is 3.49. The molecule has 2 aromatic carbocycles. The molecule has 2 aromatic rings. The van der Waals surface area contributed by atoms with Gasteiger partial charge >= 0.3 is 0 Å². The first kappa shape index (κ1) is 15.5. The molecule has 0 fully saturated rings. The molecule has 2 unspecified atom stereocenters. The Kier molecular flexibility index (Phi) is 4.37. The van der Waals surface area contributed by atoms with E-state index in [1.807, 2.05) is 0 Å². The highest BCUT2D eigenvalue weighted by atomic mass is 79.9. The molecule has 0 amide bonds. The molecular formula is C19H18Br2O2. The second-order valence-corrected chi connectivity index (χ2v) is 7.98. The Hall–Kier alpha value is -1.00. The predicted molar refractivity (Wildman–Crippen MR) is 98.4 cm³/mol. The highest BCUT2D eigenvalue weighted by molar-refractivity contribution is 9.10. The lowest BCUT2D eigenvalue weighted by Gasteiger charge is -2.25. The Labute approximate surface area is 153 Å². The lowest BCUT2D eigenvalue weighted by atomic mass is 10.0. The van der Waals surface area contributed by atoms with Crippen LogP contribution in [0.1, 0.15) is 30.4 Å². The monoisotopic (exact) mass is 436 g/mol. The molecule has 0 aromatic heterocycles. The summed E-state index contributed by atoms with van der Waals surface area (Å²) in [7, 11) is 0. The van der Waals surface area contributed by atoms with Crippen molar-refractivity contribution >= 4 is 31.9 Å². The van der Waals surface area contributed by atoms with Gasteiger partial charge < -0.3 is 9.47 Å². The lowest BCUT2D eigenvalue weighted by molar-refractivity contribution is 0.186. The average molecular weight is 438 g/mol. The first-order valence-corrected chi connectivity index (χ1v) is 9.67. The summed E-state index contributed by atoms with van der Waals surface area (Å²) in [6.07, 6.45) is 5.37. The number of para-hydroxylation sites is 2. The molecule has 2 atom stereocenters. The van der Waals surface area contributed by atoms with Crippen LogP contribution in [0.15, 0.2) is 45.3 Å². The summed E-state index contributed by atoms with van der Waals surface area (Å²) in [4.78, 5) is 0. The number of halogens is 2. The van der Waals surface area contributed by atoms with Gasteiger partial charge in [0.1, 0.15) is 23.7 Å². The van der Waals surface area contributed by atoms with Gasteiger partial charge in [-0.15, -0.1) is 0 Å². The van der Waals surface area contributed by atoms with E-state index in [-0.39, 0.29) is 12.2 Å². The molecular weight excluding hydrogens is 420 g/mol. The fourth-order valence-corrected chi connectivity index (χ4v) is 4.50. The summed E-state index contributed by atoms with van der Waals surface area (Å²) in [5.41, 5.74) is 2.46. The zero-order chi connectivity index (χ0) is 15.8. The van der Waals surface area contributed by atoms with Crippen LogP contribution in [-0.4, -0.2) is 12.2 Å². The molecule has 0 aliphatic carbocycles. The first-order chi connectivity index (χ1) is 11.2. The lowest BCUT2D eigenvalue weighted by Crippen LogP contribution is -2.23. The summed E-state index contributed by atoms with van der Waals surface area (Å²) in [5, 5.41) is 0. The Balaban J connectivity index is 1.82. The number of fused-ring (bicyclic) bond motifs is 6. The molecule has 2 aliphatic heterocycles. The van der Waals surface area contributed by atoms with E-state index in [9.17, 15) is 0 Å². The molecule has 2 bridgehead atoms. The topological polar surface area (TPSA) is 18.5 Å². The maximum absolute atomic E-state index is 6.45. The molecule has 120 valence electrons. The van der Waals surface area contributed by atoms with E-state index < -0.39 is 0 Å². The molecule has 2 aliphatic rings. The minimum Gasteiger partial charge on any atom is -0.489 e. The average Bonchev–Trinajstić information content (AvgIpc) is 2.66. The van der Waals surface area contributed by atoms with Gasteiger partial charge in [-0.2, -0.15) is 0 Å². The normalized spacial score (nSPS) is 23.0. The van der Waals surface area contributed by atoms with Gasteiger partial charge in [0.05, 0.1) is 8.95 Å². The maximum Gasteiger partial charge on any atom is 0.137 e. The Morgan fingerprint density at radius 3 is 1.70 bits per heavy atom. The van der Waals surface area contributed by atoms with Crippen molar-refractivity contribution < 1.29 is 9.47 Å². The molecule has 0 N–H and O–H groups in total. The second-order valence-electron chi connectivity index (χ2n) is 6.28. The summed E-state index contributed by atoms with van der Waals surface area (Å²) in [6, 6.07) is 12.6. The number of hydrogen-bond donors (Lipinski definition) is 0. The van der Waals surface area contributed by atoms with Crippen LogP contribution in [0.25, 0.3) is 0 Å². The minimum absolute atomic E-state index is 0.181. The van der Waals surface area contributed by atoms with Crippen molar-refractivity contribution in [2.45, 2.75) is 44.3 Å². The molecule has 4 heteroatoms. The molecule has 0 spiro atoms. The number of ether oxygens (including phenoxy) is 2. The van der Waals surface area contributed by atoms with Crippen molar-refractivity contribution in [2.75, 3.05) is 0 Å². The van der Waals surface area contributed by atoms with Gasteiger partial charge in [0, 0.05) is 12.8 Å². The first-order valence-electron chi connectivity index (χ1n) is 8.09. The van der Waals surface area contributed by atoms with Crippen LogP contribution in [0.3, 0.4) is 0 Å². The zero-order valence-electron chi connectivity index (χ0n) is 12.7. The van der Waals surface area contributed by atoms with Crippen molar-refractivity contribution in [3.8, 4) is 11.5 Å². The molecule has 0 saturated carbocycles. The van der Waals surface area contributed by atoms with Gasteiger partial charge in [-0.3, -0.25) is 0 Å². The Morgan fingerprint density at radius 2 is 1.22 bits per heavy atom. The molecule has 23 heavy (non-hydrogen) atoms. The summed E-state index contributed by atoms with van der Waals surface area (Å²) < 4.78 is 15.0. The summed E-state index contributed by atoms with van der Waals surface area (Å²) >= 11 is 7.31. The highest BCUT2D eigenvalue weighted by Crippen LogP contribution is 2.39. The van der Waals surface area contributed by atoms with Crippen molar-refractivity contribution in [1.82, 2.24) is 0 Å². The van der Waals surface area contributed by atoms with E-state index in [2.05, 4.69) is 68.3 Å².